The Balaban J connectivity index is 0.00000480. The van der Waals surface area contributed by atoms with Crippen LogP contribution in [0.25, 0.3) is 0 Å². The van der Waals surface area contributed by atoms with E-state index in [1.807, 2.05) is 6.92 Å². The maximum Gasteiger partial charge on any atom is 0.433 e. The first-order chi connectivity index (χ1) is 14.3. The molecule has 8 nitrogen and oxygen atoms in total. The van der Waals surface area contributed by atoms with Gasteiger partial charge < -0.3 is 20.7 Å². The molecule has 176 valence electrons. The fourth-order valence-corrected chi connectivity index (χ4v) is 3.18. The Morgan fingerprint density at radius 2 is 1.97 bits per heavy atom. The number of anilines is 1. The van der Waals surface area contributed by atoms with Gasteiger partial charge in [0.05, 0.1) is 19.1 Å². The molecule has 3 N–H and O–H groups in total. The van der Waals surface area contributed by atoms with Crippen molar-refractivity contribution in [2.75, 3.05) is 31.6 Å². The molecule has 0 bridgehead atoms. The molecule has 0 saturated heterocycles. The van der Waals surface area contributed by atoms with Crippen molar-refractivity contribution in [2.45, 2.75) is 51.7 Å². The molecule has 1 aromatic rings. The highest BCUT2D eigenvalue weighted by molar-refractivity contribution is 14.0. The van der Waals surface area contributed by atoms with Gasteiger partial charge in [-0.25, -0.2) is 9.97 Å². The van der Waals surface area contributed by atoms with E-state index in [1.54, 1.807) is 6.92 Å². The van der Waals surface area contributed by atoms with Crippen molar-refractivity contribution in [3.05, 3.63) is 18.0 Å². The van der Waals surface area contributed by atoms with Gasteiger partial charge >= 0.3 is 12.1 Å². The van der Waals surface area contributed by atoms with Crippen LogP contribution in [0, 0.1) is 5.92 Å². The number of rotatable bonds is 8. The molecule has 0 atom stereocenters. The van der Waals surface area contributed by atoms with Crippen molar-refractivity contribution in [2.24, 2.45) is 10.9 Å². The van der Waals surface area contributed by atoms with Crippen LogP contribution in [0.3, 0.4) is 0 Å². The number of carbonyl (C=O) groups excluding carboxylic acids is 1. The standard InChI is InChI=1S/C19H29F3N6O2.HI/c1-3-23-17(27-14-7-5-13(6-8-14)16(29)30-4-2)25-11-12-26-18-24-10-9-15(28-18)19(20,21)22;/h9-10,13-14H,3-8,11-12H2,1-2H3,(H2,23,25,27)(H,24,26,28);1H. The summed E-state index contributed by atoms with van der Waals surface area (Å²) in [6.07, 6.45) is -0.227. The third kappa shape index (κ3) is 9.44. The fraction of sp³-hybridized carbons (Fsp3) is 0.684. The Morgan fingerprint density at radius 1 is 1.26 bits per heavy atom. The van der Waals surface area contributed by atoms with E-state index >= 15 is 0 Å². The van der Waals surface area contributed by atoms with E-state index in [2.05, 4.69) is 30.9 Å². The molecule has 12 heteroatoms. The number of guanidine groups is 1. The molecule has 1 saturated carbocycles. The third-order valence-electron chi connectivity index (χ3n) is 4.64. The Kier molecular flexibility index (Phi) is 11.9. The topological polar surface area (TPSA) is 101 Å². The zero-order valence-electron chi connectivity index (χ0n) is 17.7. The number of ether oxygens (including phenoxy) is 1. The van der Waals surface area contributed by atoms with Gasteiger partial charge in [-0.3, -0.25) is 9.79 Å². The SMILES string of the molecule is CCNC(=NCCNc1nccc(C(F)(F)F)n1)NC1CCC(C(=O)OCC)CC1.I. The van der Waals surface area contributed by atoms with Crippen LogP contribution in [0.1, 0.15) is 45.2 Å². The first-order valence-corrected chi connectivity index (χ1v) is 10.2. The maximum atomic E-state index is 12.7. The molecule has 0 spiro atoms. The lowest BCUT2D eigenvalue weighted by Gasteiger charge is -2.29. The van der Waals surface area contributed by atoms with E-state index in [1.165, 1.54) is 0 Å². The van der Waals surface area contributed by atoms with E-state index in [-0.39, 0.29) is 54.4 Å². The Morgan fingerprint density at radius 3 is 2.58 bits per heavy atom. The number of nitrogens with zero attached hydrogens (tertiary/aromatic N) is 3. The van der Waals surface area contributed by atoms with Crippen LogP contribution >= 0.6 is 24.0 Å². The van der Waals surface area contributed by atoms with Crippen LogP contribution in [-0.2, 0) is 15.7 Å². The minimum absolute atomic E-state index is 0. The van der Waals surface area contributed by atoms with Gasteiger partial charge in [0.25, 0.3) is 0 Å². The molecule has 0 aliphatic heterocycles. The number of aliphatic imine (C=N–C) groups is 1. The molecule has 0 aromatic carbocycles. The molecule has 0 unspecified atom stereocenters. The van der Waals surface area contributed by atoms with E-state index in [0.29, 0.717) is 25.7 Å². The van der Waals surface area contributed by atoms with Gasteiger partial charge in [-0.1, -0.05) is 0 Å². The van der Waals surface area contributed by atoms with Crippen LogP contribution in [0.5, 0.6) is 0 Å². The molecule has 2 rings (SSSR count). The van der Waals surface area contributed by atoms with E-state index in [4.69, 9.17) is 4.74 Å². The summed E-state index contributed by atoms with van der Waals surface area (Å²) in [4.78, 5) is 23.5. The van der Waals surface area contributed by atoms with Gasteiger partial charge in [-0.15, -0.1) is 24.0 Å². The molecular formula is C19H30F3IN6O2. The quantitative estimate of drug-likeness (QED) is 0.148. The van der Waals surface area contributed by atoms with Crippen LogP contribution in [0.15, 0.2) is 17.3 Å². The Bertz CT molecular complexity index is 712. The van der Waals surface area contributed by atoms with Crippen molar-refractivity contribution < 1.29 is 22.7 Å². The molecule has 1 aromatic heterocycles. The number of hydrogen-bond donors (Lipinski definition) is 3. The number of alkyl halides is 3. The van der Waals surface area contributed by atoms with Crippen molar-refractivity contribution in [1.82, 2.24) is 20.6 Å². The summed E-state index contributed by atoms with van der Waals surface area (Å²) in [5, 5.41) is 9.26. The molecule has 0 radical (unpaired) electrons. The predicted octanol–water partition coefficient (Wildman–Crippen LogP) is 3.20. The van der Waals surface area contributed by atoms with Crippen LogP contribution < -0.4 is 16.0 Å². The Labute approximate surface area is 197 Å². The second-order valence-electron chi connectivity index (χ2n) is 6.90. The van der Waals surface area contributed by atoms with Gasteiger partial charge in [0.15, 0.2) is 5.96 Å². The first-order valence-electron chi connectivity index (χ1n) is 10.2. The number of halogens is 4. The highest BCUT2D eigenvalue weighted by atomic mass is 127. The number of aromatic nitrogens is 2. The monoisotopic (exact) mass is 558 g/mol. The molecule has 1 aliphatic carbocycles. The summed E-state index contributed by atoms with van der Waals surface area (Å²) in [6.45, 7) is 5.43. The summed E-state index contributed by atoms with van der Waals surface area (Å²) < 4.78 is 43.2. The second-order valence-corrected chi connectivity index (χ2v) is 6.90. The number of esters is 1. The minimum atomic E-state index is -4.51. The lowest BCUT2D eigenvalue weighted by Crippen LogP contribution is -2.45. The van der Waals surface area contributed by atoms with Crippen molar-refractivity contribution in [3.63, 3.8) is 0 Å². The highest BCUT2D eigenvalue weighted by Gasteiger charge is 2.32. The smallest absolute Gasteiger partial charge is 0.433 e. The fourth-order valence-electron chi connectivity index (χ4n) is 3.18. The van der Waals surface area contributed by atoms with Crippen LogP contribution in [0.4, 0.5) is 19.1 Å². The largest absolute Gasteiger partial charge is 0.466 e. The summed E-state index contributed by atoms with van der Waals surface area (Å²) in [5.74, 6) is 0.373. The summed E-state index contributed by atoms with van der Waals surface area (Å²) in [5.41, 5.74) is -0.989. The van der Waals surface area contributed by atoms with Gasteiger partial charge in [0.2, 0.25) is 5.95 Å². The minimum Gasteiger partial charge on any atom is -0.466 e. The van der Waals surface area contributed by atoms with Gasteiger partial charge in [-0.05, 0) is 45.6 Å². The lowest BCUT2D eigenvalue weighted by atomic mass is 9.86. The first kappa shape index (κ1) is 27.2. The predicted molar refractivity (Wildman–Crippen MR) is 122 cm³/mol. The van der Waals surface area contributed by atoms with Crippen LogP contribution in [0.2, 0.25) is 0 Å². The van der Waals surface area contributed by atoms with E-state index in [0.717, 1.165) is 37.9 Å². The lowest BCUT2D eigenvalue weighted by molar-refractivity contribution is -0.149. The van der Waals surface area contributed by atoms with Gasteiger partial charge in [0, 0.05) is 25.3 Å². The van der Waals surface area contributed by atoms with Crippen molar-refractivity contribution >= 4 is 41.9 Å². The normalized spacial score (nSPS) is 19.2. The van der Waals surface area contributed by atoms with Gasteiger partial charge in [-0.2, -0.15) is 13.2 Å². The zero-order chi connectivity index (χ0) is 22.0. The molecule has 1 aliphatic rings. The molecule has 1 fully saturated rings. The summed E-state index contributed by atoms with van der Waals surface area (Å²) >= 11 is 0. The molecule has 0 amide bonds. The zero-order valence-corrected chi connectivity index (χ0v) is 20.0. The second kappa shape index (κ2) is 13.5. The maximum absolute atomic E-state index is 12.7. The summed E-state index contributed by atoms with van der Waals surface area (Å²) in [6, 6.07) is 1.03. The molecular weight excluding hydrogens is 528 g/mol. The van der Waals surface area contributed by atoms with E-state index in [9.17, 15) is 18.0 Å². The number of hydrogen-bond acceptors (Lipinski definition) is 6. The molecule has 1 heterocycles. The van der Waals surface area contributed by atoms with Crippen molar-refractivity contribution in [3.8, 4) is 0 Å². The average molecular weight is 558 g/mol. The average Bonchev–Trinajstić information content (AvgIpc) is 2.71. The number of nitrogens with one attached hydrogen (secondary N) is 3. The van der Waals surface area contributed by atoms with Gasteiger partial charge in [0.1, 0.15) is 5.69 Å². The summed E-state index contributed by atoms with van der Waals surface area (Å²) in [7, 11) is 0. The highest BCUT2D eigenvalue weighted by Crippen LogP contribution is 2.27. The Hall–Kier alpha value is -1.86. The third-order valence-corrected chi connectivity index (χ3v) is 4.64. The molecule has 31 heavy (non-hydrogen) atoms. The van der Waals surface area contributed by atoms with Crippen molar-refractivity contribution in [1.29, 1.82) is 0 Å². The van der Waals surface area contributed by atoms with Crippen LogP contribution in [-0.4, -0.2) is 54.2 Å². The number of carbonyl (C=O) groups is 1. The van der Waals surface area contributed by atoms with E-state index < -0.39 is 11.9 Å².